The third-order valence-corrected chi connectivity index (χ3v) is 3.55. The highest BCUT2D eigenvalue weighted by Crippen LogP contribution is 2.12. The Kier molecular flexibility index (Phi) is 4.61. The van der Waals surface area contributed by atoms with Crippen LogP contribution in [0.1, 0.15) is 29.7 Å². The average molecular weight is 266 g/mol. The summed E-state index contributed by atoms with van der Waals surface area (Å²) in [6.45, 7) is 7.50. The van der Waals surface area contributed by atoms with Crippen LogP contribution in [0.15, 0.2) is 16.5 Å². The minimum Gasteiger partial charge on any atom is -0.456 e. The van der Waals surface area contributed by atoms with Gasteiger partial charge in [-0.2, -0.15) is 0 Å². The number of hydrogen-bond acceptors (Lipinski definition) is 4. The Balaban J connectivity index is 1.84. The number of rotatable bonds is 4. The second-order valence-electron chi connectivity index (χ2n) is 5.07. The van der Waals surface area contributed by atoms with Crippen molar-refractivity contribution in [2.75, 3.05) is 32.7 Å². The summed E-state index contributed by atoms with van der Waals surface area (Å²) < 4.78 is 5.36. The molecule has 1 aromatic heterocycles. The maximum atomic E-state index is 12.2. The molecular weight excluding hydrogens is 244 g/mol. The minimum absolute atomic E-state index is 0.0382. The monoisotopic (exact) mass is 266 g/mol. The smallest absolute Gasteiger partial charge is 0.289 e. The third kappa shape index (κ3) is 3.58. The quantitative estimate of drug-likeness (QED) is 0.887. The number of piperazine rings is 1. The Morgan fingerprint density at radius 2 is 2.05 bits per heavy atom. The molecule has 0 unspecified atom stereocenters. The summed E-state index contributed by atoms with van der Waals surface area (Å²) in [6, 6.07) is 3.53. The zero-order valence-corrected chi connectivity index (χ0v) is 11.6. The Bertz CT molecular complexity index is 422. The van der Waals surface area contributed by atoms with Crippen molar-refractivity contribution in [3.63, 3.8) is 0 Å². The summed E-state index contributed by atoms with van der Waals surface area (Å²) >= 11 is 0. The molecule has 1 N–H and O–H groups in total. The maximum absolute atomic E-state index is 12.2. The Morgan fingerprint density at radius 3 is 2.58 bits per heavy atom. The topological polar surface area (TPSA) is 56.9 Å². The zero-order valence-electron chi connectivity index (χ0n) is 11.6. The van der Waals surface area contributed by atoms with E-state index < -0.39 is 0 Å². The number of amides is 1. The fraction of sp³-hybridized carbons (Fsp3) is 0.643. The van der Waals surface area contributed by atoms with Crippen molar-refractivity contribution < 1.29 is 14.3 Å². The zero-order chi connectivity index (χ0) is 13.8. The highest BCUT2D eigenvalue weighted by molar-refractivity contribution is 5.91. The van der Waals surface area contributed by atoms with Gasteiger partial charge in [-0.3, -0.25) is 9.69 Å². The van der Waals surface area contributed by atoms with Crippen LogP contribution >= 0.6 is 0 Å². The van der Waals surface area contributed by atoms with Crippen molar-refractivity contribution in [2.45, 2.75) is 26.4 Å². The van der Waals surface area contributed by atoms with Crippen LogP contribution in [0.3, 0.4) is 0 Å². The molecule has 106 valence electrons. The van der Waals surface area contributed by atoms with E-state index in [4.69, 9.17) is 4.42 Å². The van der Waals surface area contributed by atoms with Crippen LogP contribution < -0.4 is 0 Å². The lowest BCUT2D eigenvalue weighted by molar-refractivity contribution is 0.0499. The van der Waals surface area contributed by atoms with Gasteiger partial charge in [0.05, 0.1) is 6.10 Å². The van der Waals surface area contributed by atoms with Crippen LogP contribution in [0.25, 0.3) is 0 Å². The molecule has 0 aromatic carbocycles. The summed E-state index contributed by atoms with van der Waals surface area (Å²) in [5, 5.41) is 9.63. The third-order valence-electron chi connectivity index (χ3n) is 3.55. The highest BCUT2D eigenvalue weighted by Gasteiger charge is 2.24. The van der Waals surface area contributed by atoms with Crippen molar-refractivity contribution >= 4 is 5.91 Å². The number of furan rings is 1. The summed E-state index contributed by atoms with van der Waals surface area (Å²) in [7, 11) is 0. The van der Waals surface area contributed by atoms with Crippen molar-refractivity contribution in [3.05, 3.63) is 23.7 Å². The van der Waals surface area contributed by atoms with Gasteiger partial charge >= 0.3 is 0 Å². The number of carbonyl (C=O) groups excluding carboxylic acids is 1. The Morgan fingerprint density at radius 1 is 1.37 bits per heavy atom. The summed E-state index contributed by atoms with van der Waals surface area (Å²) in [6.07, 6.45) is 0.500. The van der Waals surface area contributed by atoms with Crippen LogP contribution in [-0.4, -0.2) is 59.6 Å². The van der Waals surface area contributed by atoms with E-state index in [0.29, 0.717) is 25.4 Å². The van der Waals surface area contributed by atoms with Crippen molar-refractivity contribution in [1.82, 2.24) is 9.80 Å². The molecule has 0 saturated carbocycles. The first-order chi connectivity index (χ1) is 9.10. The fourth-order valence-electron chi connectivity index (χ4n) is 2.27. The molecule has 1 aliphatic rings. The van der Waals surface area contributed by atoms with E-state index >= 15 is 0 Å². The number of aliphatic hydroxyl groups is 1. The Labute approximate surface area is 113 Å². The van der Waals surface area contributed by atoms with Crippen LogP contribution in [-0.2, 0) is 0 Å². The standard InChI is InChI=1S/C14H22N2O3/c1-3-12(17)10-15-6-8-16(9-7-15)14(18)13-5-4-11(2)19-13/h4-5,12,17H,3,6-10H2,1-2H3/t12-/m0/s1. The van der Waals surface area contributed by atoms with Crippen LogP contribution in [0, 0.1) is 6.92 Å². The van der Waals surface area contributed by atoms with Gasteiger partial charge in [0.25, 0.3) is 5.91 Å². The molecule has 5 heteroatoms. The molecule has 2 heterocycles. The summed E-state index contributed by atoms with van der Waals surface area (Å²) in [5.74, 6) is 1.14. The van der Waals surface area contributed by atoms with Gasteiger partial charge in [-0.1, -0.05) is 6.92 Å². The van der Waals surface area contributed by atoms with Gasteiger partial charge in [-0.25, -0.2) is 0 Å². The first-order valence-electron chi connectivity index (χ1n) is 6.86. The van der Waals surface area contributed by atoms with Gasteiger partial charge in [0.1, 0.15) is 5.76 Å². The molecule has 0 aliphatic carbocycles. The van der Waals surface area contributed by atoms with Gasteiger partial charge in [0.2, 0.25) is 0 Å². The molecule has 1 fully saturated rings. The first-order valence-corrected chi connectivity index (χ1v) is 6.86. The lowest BCUT2D eigenvalue weighted by Gasteiger charge is -2.35. The van der Waals surface area contributed by atoms with Crippen LogP contribution in [0.5, 0.6) is 0 Å². The lowest BCUT2D eigenvalue weighted by Crippen LogP contribution is -2.50. The molecule has 0 spiro atoms. The van der Waals surface area contributed by atoms with Gasteiger partial charge in [-0.05, 0) is 25.5 Å². The average Bonchev–Trinajstić information content (AvgIpc) is 2.85. The molecule has 1 atom stereocenters. The molecule has 1 saturated heterocycles. The maximum Gasteiger partial charge on any atom is 0.289 e. The molecule has 19 heavy (non-hydrogen) atoms. The number of carbonyl (C=O) groups is 1. The van der Waals surface area contributed by atoms with E-state index in [0.717, 1.165) is 25.3 Å². The van der Waals surface area contributed by atoms with E-state index in [9.17, 15) is 9.90 Å². The SMILES string of the molecule is CC[C@H](O)CN1CCN(C(=O)c2ccc(C)o2)CC1. The van der Waals surface area contributed by atoms with E-state index in [2.05, 4.69) is 4.90 Å². The molecule has 1 aromatic rings. The first kappa shape index (κ1) is 14.1. The van der Waals surface area contributed by atoms with E-state index in [1.807, 2.05) is 18.7 Å². The number of aryl methyl sites for hydroxylation is 1. The van der Waals surface area contributed by atoms with E-state index in [1.54, 1.807) is 12.1 Å². The number of β-amino-alcohol motifs (C(OH)–C–C–N with tert-alkyl or cyclic N) is 1. The molecule has 1 aliphatic heterocycles. The second-order valence-corrected chi connectivity index (χ2v) is 5.07. The molecule has 0 bridgehead atoms. The number of aliphatic hydroxyl groups excluding tert-OH is 1. The van der Waals surface area contributed by atoms with E-state index in [1.165, 1.54) is 0 Å². The summed E-state index contributed by atoms with van der Waals surface area (Å²) in [5.41, 5.74) is 0. The normalized spacial score (nSPS) is 18.6. The molecular formula is C14H22N2O3. The van der Waals surface area contributed by atoms with E-state index in [-0.39, 0.29) is 12.0 Å². The number of hydrogen-bond donors (Lipinski definition) is 1. The van der Waals surface area contributed by atoms with Crippen molar-refractivity contribution in [2.24, 2.45) is 0 Å². The minimum atomic E-state index is -0.269. The second kappa shape index (κ2) is 6.21. The molecule has 2 rings (SSSR count). The lowest BCUT2D eigenvalue weighted by atomic mass is 10.2. The van der Waals surface area contributed by atoms with Crippen molar-refractivity contribution in [3.8, 4) is 0 Å². The van der Waals surface area contributed by atoms with Crippen LogP contribution in [0.4, 0.5) is 0 Å². The fourth-order valence-corrected chi connectivity index (χ4v) is 2.27. The predicted octanol–water partition coefficient (Wildman–Crippen LogP) is 1.12. The van der Waals surface area contributed by atoms with Gasteiger partial charge in [0, 0.05) is 32.7 Å². The highest BCUT2D eigenvalue weighted by atomic mass is 16.3. The van der Waals surface area contributed by atoms with Crippen molar-refractivity contribution in [1.29, 1.82) is 0 Å². The molecule has 5 nitrogen and oxygen atoms in total. The van der Waals surface area contributed by atoms with Crippen LogP contribution in [0.2, 0.25) is 0 Å². The largest absolute Gasteiger partial charge is 0.456 e. The predicted molar refractivity (Wildman–Crippen MR) is 72.1 cm³/mol. The summed E-state index contributed by atoms with van der Waals surface area (Å²) in [4.78, 5) is 16.2. The van der Waals surface area contributed by atoms with Gasteiger partial charge in [-0.15, -0.1) is 0 Å². The Hall–Kier alpha value is -1.33. The number of nitrogens with zero attached hydrogens (tertiary/aromatic N) is 2. The molecule has 0 radical (unpaired) electrons. The van der Waals surface area contributed by atoms with Gasteiger partial charge < -0.3 is 14.4 Å². The van der Waals surface area contributed by atoms with Gasteiger partial charge in [0.15, 0.2) is 5.76 Å². The molecule has 1 amide bonds.